The normalized spacial score (nSPS) is 13.2. The fraction of sp³-hybridized carbons (Fsp3) is 0.278. The van der Waals surface area contributed by atoms with E-state index in [1.807, 2.05) is 49.4 Å². The Balaban J connectivity index is 1.54. The van der Waals surface area contributed by atoms with Gasteiger partial charge in [-0.15, -0.1) is 0 Å². The molecular formula is C18H20N2O4. The van der Waals surface area contributed by atoms with Crippen molar-refractivity contribution in [3.63, 3.8) is 0 Å². The first-order valence-electron chi connectivity index (χ1n) is 7.72. The number of carbonyl (C=O) groups excluding carboxylic acids is 1. The smallest absolute Gasteiger partial charge is 0.315 e. The van der Waals surface area contributed by atoms with E-state index >= 15 is 0 Å². The molecule has 0 saturated heterocycles. The number of rotatable bonds is 5. The van der Waals surface area contributed by atoms with E-state index in [9.17, 15) is 4.79 Å². The Morgan fingerprint density at radius 3 is 2.88 bits per heavy atom. The first-order chi connectivity index (χ1) is 11.7. The lowest BCUT2D eigenvalue weighted by atomic mass is 10.1. The van der Waals surface area contributed by atoms with Crippen LogP contribution in [-0.2, 0) is 6.54 Å². The number of methoxy groups -OCH3 is 1. The van der Waals surface area contributed by atoms with Gasteiger partial charge in [0, 0.05) is 6.54 Å². The van der Waals surface area contributed by atoms with E-state index in [0.717, 1.165) is 22.6 Å². The maximum atomic E-state index is 12.1. The minimum absolute atomic E-state index is 0.148. The van der Waals surface area contributed by atoms with Gasteiger partial charge in [0.25, 0.3) is 0 Å². The molecule has 1 atom stereocenters. The fourth-order valence-electron chi connectivity index (χ4n) is 2.48. The Hall–Kier alpha value is -2.89. The number of benzene rings is 2. The van der Waals surface area contributed by atoms with Gasteiger partial charge in [-0.3, -0.25) is 0 Å². The van der Waals surface area contributed by atoms with Gasteiger partial charge >= 0.3 is 6.03 Å². The maximum absolute atomic E-state index is 12.1. The predicted molar refractivity (Wildman–Crippen MR) is 89.3 cm³/mol. The van der Waals surface area contributed by atoms with Gasteiger partial charge in [-0.25, -0.2) is 4.79 Å². The van der Waals surface area contributed by atoms with Gasteiger partial charge in [0.05, 0.1) is 13.2 Å². The lowest BCUT2D eigenvalue weighted by molar-refractivity contribution is 0.174. The van der Waals surface area contributed by atoms with Crippen molar-refractivity contribution in [3.05, 3.63) is 53.6 Å². The topological polar surface area (TPSA) is 68.8 Å². The number of amides is 2. The monoisotopic (exact) mass is 328 g/mol. The van der Waals surface area contributed by atoms with Crippen LogP contribution in [0, 0.1) is 0 Å². The zero-order valence-corrected chi connectivity index (χ0v) is 13.7. The second kappa shape index (κ2) is 7.12. The quantitative estimate of drug-likeness (QED) is 0.885. The van der Waals surface area contributed by atoms with Crippen LogP contribution in [-0.4, -0.2) is 19.9 Å². The number of nitrogens with one attached hydrogen (secondary N) is 2. The number of fused-ring (bicyclic) bond motifs is 1. The molecule has 2 N–H and O–H groups in total. The lowest BCUT2D eigenvalue weighted by Crippen LogP contribution is -2.36. The van der Waals surface area contributed by atoms with Gasteiger partial charge in [0.2, 0.25) is 6.79 Å². The summed E-state index contributed by atoms with van der Waals surface area (Å²) in [6.45, 7) is 2.58. The summed E-state index contributed by atoms with van der Waals surface area (Å²) >= 11 is 0. The zero-order valence-electron chi connectivity index (χ0n) is 13.7. The molecular weight excluding hydrogens is 308 g/mol. The largest absolute Gasteiger partial charge is 0.497 e. The number of urea groups is 1. The van der Waals surface area contributed by atoms with Crippen LogP contribution in [0.1, 0.15) is 24.1 Å². The molecule has 2 amide bonds. The first-order valence-corrected chi connectivity index (χ1v) is 7.72. The lowest BCUT2D eigenvalue weighted by Gasteiger charge is -2.15. The van der Waals surface area contributed by atoms with Gasteiger partial charge < -0.3 is 24.8 Å². The molecule has 6 heteroatoms. The first kappa shape index (κ1) is 16.0. The van der Waals surface area contributed by atoms with Gasteiger partial charge in [-0.1, -0.05) is 18.2 Å². The Morgan fingerprint density at radius 2 is 2.04 bits per heavy atom. The van der Waals surface area contributed by atoms with Gasteiger partial charge in [0.15, 0.2) is 11.5 Å². The predicted octanol–water partition coefficient (Wildman–Crippen LogP) is 2.98. The number of hydrogen-bond donors (Lipinski definition) is 2. The van der Waals surface area contributed by atoms with Crippen LogP contribution in [0.25, 0.3) is 0 Å². The summed E-state index contributed by atoms with van der Waals surface area (Å²) in [7, 11) is 1.62. The third kappa shape index (κ3) is 3.71. The minimum atomic E-state index is -0.233. The average Bonchev–Trinajstić information content (AvgIpc) is 3.07. The van der Waals surface area contributed by atoms with Gasteiger partial charge in [0.1, 0.15) is 5.75 Å². The molecule has 0 radical (unpaired) electrons. The van der Waals surface area contributed by atoms with Crippen molar-refractivity contribution in [1.82, 2.24) is 10.6 Å². The molecule has 0 aromatic heterocycles. The van der Waals surface area contributed by atoms with Gasteiger partial charge in [-0.2, -0.15) is 0 Å². The van der Waals surface area contributed by atoms with E-state index in [-0.39, 0.29) is 18.9 Å². The standard InChI is InChI=1S/C18H20N2O4/c1-12(14-6-7-16-17(9-14)24-11-23-16)20-18(21)19-10-13-4-3-5-15(8-13)22-2/h3-9,12H,10-11H2,1-2H3,(H2,19,20,21). The molecule has 3 rings (SSSR count). The van der Waals surface area contributed by atoms with E-state index < -0.39 is 0 Å². The second-order valence-corrected chi connectivity index (χ2v) is 5.51. The van der Waals surface area contributed by atoms with E-state index in [1.165, 1.54) is 0 Å². The van der Waals surface area contributed by atoms with Crippen molar-refractivity contribution in [3.8, 4) is 17.2 Å². The zero-order chi connectivity index (χ0) is 16.9. The molecule has 0 saturated carbocycles. The fourth-order valence-corrected chi connectivity index (χ4v) is 2.48. The van der Waals surface area contributed by atoms with E-state index in [1.54, 1.807) is 7.11 Å². The highest BCUT2D eigenvalue weighted by Crippen LogP contribution is 2.34. The third-order valence-electron chi connectivity index (χ3n) is 3.83. The molecule has 2 aromatic carbocycles. The van der Waals surface area contributed by atoms with Crippen LogP contribution in [0.5, 0.6) is 17.2 Å². The van der Waals surface area contributed by atoms with Crippen LogP contribution >= 0.6 is 0 Å². The molecule has 0 aliphatic carbocycles. The molecule has 2 aromatic rings. The van der Waals surface area contributed by atoms with E-state index in [0.29, 0.717) is 12.3 Å². The highest BCUT2D eigenvalue weighted by atomic mass is 16.7. The van der Waals surface area contributed by atoms with Gasteiger partial charge in [-0.05, 0) is 42.3 Å². The molecule has 0 fully saturated rings. The summed E-state index contributed by atoms with van der Waals surface area (Å²) < 4.78 is 15.8. The number of ether oxygens (including phenoxy) is 3. The molecule has 24 heavy (non-hydrogen) atoms. The van der Waals surface area contributed by atoms with Crippen molar-refractivity contribution >= 4 is 6.03 Å². The third-order valence-corrected chi connectivity index (χ3v) is 3.83. The van der Waals surface area contributed by atoms with Crippen molar-refractivity contribution in [2.45, 2.75) is 19.5 Å². The summed E-state index contributed by atoms with van der Waals surface area (Å²) in [5, 5.41) is 5.75. The van der Waals surface area contributed by atoms with Crippen molar-refractivity contribution in [2.24, 2.45) is 0 Å². The van der Waals surface area contributed by atoms with Crippen molar-refractivity contribution in [2.75, 3.05) is 13.9 Å². The summed E-state index contributed by atoms with van der Waals surface area (Å²) in [4.78, 5) is 12.1. The Morgan fingerprint density at radius 1 is 1.21 bits per heavy atom. The summed E-state index contributed by atoms with van der Waals surface area (Å²) in [6, 6.07) is 12.9. The molecule has 1 heterocycles. The van der Waals surface area contributed by atoms with Crippen LogP contribution < -0.4 is 24.8 Å². The van der Waals surface area contributed by atoms with Crippen LogP contribution in [0.4, 0.5) is 4.79 Å². The molecule has 0 bridgehead atoms. The molecule has 1 aliphatic rings. The summed E-state index contributed by atoms with van der Waals surface area (Å²) in [6.07, 6.45) is 0. The highest BCUT2D eigenvalue weighted by Gasteiger charge is 2.16. The minimum Gasteiger partial charge on any atom is -0.497 e. The summed E-state index contributed by atoms with van der Waals surface area (Å²) in [5.41, 5.74) is 1.93. The number of carbonyl (C=O) groups is 1. The van der Waals surface area contributed by atoms with Crippen LogP contribution in [0.15, 0.2) is 42.5 Å². The van der Waals surface area contributed by atoms with Crippen LogP contribution in [0.2, 0.25) is 0 Å². The Bertz CT molecular complexity index is 733. The van der Waals surface area contributed by atoms with Crippen molar-refractivity contribution < 1.29 is 19.0 Å². The van der Waals surface area contributed by atoms with Crippen LogP contribution in [0.3, 0.4) is 0 Å². The molecule has 1 unspecified atom stereocenters. The summed E-state index contributed by atoms with van der Waals surface area (Å²) in [5.74, 6) is 2.20. The Labute approximate surface area is 140 Å². The number of hydrogen-bond acceptors (Lipinski definition) is 4. The Kier molecular flexibility index (Phi) is 4.74. The molecule has 1 aliphatic heterocycles. The average molecular weight is 328 g/mol. The van der Waals surface area contributed by atoms with Crippen molar-refractivity contribution in [1.29, 1.82) is 0 Å². The maximum Gasteiger partial charge on any atom is 0.315 e. The second-order valence-electron chi connectivity index (χ2n) is 5.51. The van der Waals surface area contributed by atoms with E-state index in [2.05, 4.69) is 10.6 Å². The molecule has 6 nitrogen and oxygen atoms in total. The highest BCUT2D eigenvalue weighted by molar-refractivity contribution is 5.74. The molecule has 126 valence electrons. The molecule has 0 spiro atoms. The SMILES string of the molecule is COc1cccc(CNC(=O)NC(C)c2ccc3c(c2)OCO3)c1. The van der Waals surface area contributed by atoms with E-state index in [4.69, 9.17) is 14.2 Å².